The third-order valence-electron chi connectivity index (χ3n) is 4.36. The molecule has 0 aliphatic carbocycles. The van der Waals surface area contributed by atoms with E-state index in [-0.39, 0.29) is 24.0 Å². The van der Waals surface area contributed by atoms with Crippen LogP contribution in [0.25, 0.3) is 0 Å². The number of nitrogens with zero attached hydrogens (tertiary/aromatic N) is 2. The standard InChI is InChI=1S/C20H39N3O3S/c1-6-27-15-10-8-7-9-12-19(25)23(5)18(16-17(2)24)20(26)21-13-11-14-22(3)4/h18H,6-16H2,1-5H3,(H,21,26)/t18-/m1/s1. The molecule has 0 aliphatic rings. The van der Waals surface area contributed by atoms with Crippen LogP contribution in [0.3, 0.4) is 0 Å². The van der Waals surface area contributed by atoms with Gasteiger partial charge >= 0.3 is 0 Å². The molecule has 0 aliphatic heterocycles. The molecule has 0 saturated heterocycles. The van der Waals surface area contributed by atoms with E-state index in [9.17, 15) is 14.4 Å². The minimum Gasteiger partial charge on any atom is -0.354 e. The number of rotatable bonds is 16. The van der Waals surface area contributed by atoms with Crippen LogP contribution in [-0.2, 0) is 14.4 Å². The first-order chi connectivity index (χ1) is 12.8. The fourth-order valence-corrected chi connectivity index (χ4v) is 3.43. The van der Waals surface area contributed by atoms with Crippen LogP contribution in [-0.4, -0.2) is 79.2 Å². The summed E-state index contributed by atoms with van der Waals surface area (Å²) in [4.78, 5) is 40.0. The molecule has 0 rings (SSSR count). The predicted octanol–water partition coefficient (Wildman–Crippen LogP) is 2.56. The normalized spacial score (nSPS) is 12.1. The number of amides is 2. The average Bonchev–Trinajstić information content (AvgIpc) is 2.61. The van der Waals surface area contributed by atoms with Crippen LogP contribution in [0.1, 0.15) is 58.8 Å². The van der Waals surface area contributed by atoms with Crippen LogP contribution in [0, 0.1) is 0 Å². The van der Waals surface area contributed by atoms with Crippen molar-refractivity contribution in [2.24, 2.45) is 0 Å². The number of carbonyl (C=O) groups excluding carboxylic acids is 3. The summed E-state index contributed by atoms with van der Waals surface area (Å²) >= 11 is 1.95. The Hall–Kier alpha value is -1.08. The summed E-state index contributed by atoms with van der Waals surface area (Å²) in [5.74, 6) is 1.94. The molecule has 0 spiro atoms. The number of thioether (sulfide) groups is 1. The number of nitrogens with one attached hydrogen (secondary N) is 1. The molecule has 7 heteroatoms. The number of unbranched alkanes of at least 4 members (excludes halogenated alkanes) is 3. The lowest BCUT2D eigenvalue weighted by Crippen LogP contribution is -2.48. The summed E-state index contributed by atoms with van der Waals surface area (Å²) in [5, 5.41) is 2.86. The molecule has 0 unspecified atom stereocenters. The molecular formula is C20H39N3O3S. The molecule has 1 atom stereocenters. The largest absolute Gasteiger partial charge is 0.354 e. The van der Waals surface area contributed by atoms with Gasteiger partial charge in [-0.1, -0.05) is 19.8 Å². The molecule has 2 amide bonds. The van der Waals surface area contributed by atoms with Crippen LogP contribution in [0.15, 0.2) is 0 Å². The Morgan fingerprint density at radius 1 is 1.00 bits per heavy atom. The number of likely N-dealkylation sites (N-methyl/N-ethyl adjacent to an activating group) is 1. The van der Waals surface area contributed by atoms with Crippen molar-refractivity contribution in [2.75, 3.05) is 45.7 Å². The molecule has 6 nitrogen and oxygen atoms in total. The Kier molecular flexibility index (Phi) is 15.3. The van der Waals surface area contributed by atoms with E-state index in [1.54, 1.807) is 7.05 Å². The smallest absolute Gasteiger partial charge is 0.243 e. The summed E-state index contributed by atoms with van der Waals surface area (Å²) in [5.41, 5.74) is 0. The van der Waals surface area contributed by atoms with Gasteiger partial charge in [0.15, 0.2) is 0 Å². The number of hydrogen-bond acceptors (Lipinski definition) is 5. The zero-order valence-corrected chi connectivity index (χ0v) is 18.7. The fourth-order valence-electron chi connectivity index (χ4n) is 2.73. The molecule has 0 aromatic rings. The fraction of sp³-hybridized carbons (Fsp3) is 0.850. The molecule has 0 saturated carbocycles. The quantitative estimate of drug-likeness (QED) is 0.403. The molecule has 0 heterocycles. The molecule has 0 aromatic carbocycles. The molecule has 1 N–H and O–H groups in total. The van der Waals surface area contributed by atoms with Crippen molar-refractivity contribution in [3.63, 3.8) is 0 Å². The van der Waals surface area contributed by atoms with Gasteiger partial charge < -0.3 is 15.1 Å². The predicted molar refractivity (Wildman–Crippen MR) is 114 cm³/mol. The average molecular weight is 402 g/mol. The number of hydrogen-bond donors (Lipinski definition) is 1. The molecule has 27 heavy (non-hydrogen) atoms. The van der Waals surface area contributed by atoms with E-state index >= 15 is 0 Å². The Labute approximate surface area is 169 Å². The van der Waals surface area contributed by atoms with Crippen molar-refractivity contribution < 1.29 is 14.4 Å². The Bertz CT molecular complexity index is 444. The number of carbonyl (C=O) groups is 3. The first kappa shape index (κ1) is 25.9. The van der Waals surface area contributed by atoms with Gasteiger partial charge in [-0.05, 0) is 58.3 Å². The zero-order chi connectivity index (χ0) is 20.7. The van der Waals surface area contributed by atoms with E-state index in [0.29, 0.717) is 13.0 Å². The van der Waals surface area contributed by atoms with Gasteiger partial charge in [-0.2, -0.15) is 11.8 Å². The lowest BCUT2D eigenvalue weighted by Gasteiger charge is -2.27. The van der Waals surface area contributed by atoms with Crippen molar-refractivity contribution in [3.05, 3.63) is 0 Å². The van der Waals surface area contributed by atoms with E-state index in [0.717, 1.165) is 38.0 Å². The van der Waals surface area contributed by atoms with Gasteiger partial charge in [0, 0.05) is 26.4 Å². The van der Waals surface area contributed by atoms with E-state index < -0.39 is 6.04 Å². The van der Waals surface area contributed by atoms with Gasteiger partial charge in [0.1, 0.15) is 11.8 Å². The summed E-state index contributed by atoms with van der Waals surface area (Å²) in [6.07, 6.45) is 5.50. The van der Waals surface area contributed by atoms with Crippen molar-refractivity contribution in [1.82, 2.24) is 15.1 Å². The maximum absolute atomic E-state index is 12.5. The van der Waals surface area contributed by atoms with Gasteiger partial charge in [0.05, 0.1) is 0 Å². The van der Waals surface area contributed by atoms with Crippen LogP contribution < -0.4 is 5.32 Å². The second kappa shape index (κ2) is 15.9. The maximum atomic E-state index is 12.5. The summed E-state index contributed by atoms with van der Waals surface area (Å²) in [7, 11) is 5.60. The minimum atomic E-state index is -0.713. The van der Waals surface area contributed by atoms with E-state index in [2.05, 4.69) is 17.1 Å². The van der Waals surface area contributed by atoms with E-state index in [1.165, 1.54) is 24.0 Å². The lowest BCUT2D eigenvalue weighted by molar-refractivity contribution is -0.140. The van der Waals surface area contributed by atoms with Crippen molar-refractivity contribution in [3.8, 4) is 0 Å². The highest BCUT2D eigenvalue weighted by Gasteiger charge is 2.27. The third kappa shape index (κ3) is 13.7. The van der Waals surface area contributed by atoms with Gasteiger partial charge in [0.2, 0.25) is 11.8 Å². The van der Waals surface area contributed by atoms with Crippen molar-refractivity contribution >= 4 is 29.4 Å². The second-order valence-electron chi connectivity index (χ2n) is 7.24. The molecule has 0 bridgehead atoms. The number of Topliss-reactive ketones (excluding diaryl/α,β-unsaturated/α-hetero) is 1. The highest BCUT2D eigenvalue weighted by molar-refractivity contribution is 7.99. The molecule has 0 radical (unpaired) electrons. The number of ketones is 1. The second-order valence-corrected chi connectivity index (χ2v) is 8.63. The Morgan fingerprint density at radius 3 is 2.26 bits per heavy atom. The van der Waals surface area contributed by atoms with Gasteiger partial charge in [-0.3, -0.25) is 14.4 Å². The van der Waals surface area contributed by atoms with Gasteiger partial charge in [-0.15, -0.1) is 0 Å². The molecule has 0 fully saturated rings. The van der Waals surface area contributed by atoms with Crippen LogP contribution in [0.4, 0.5) is 0 Å². The van der Waals surface area contributed by atoms with Crippen LogP contribution in [0.5, 0.6) is 0 Å². The van der Waals surface area contributed by atoms with Gasteiger partial charge in [0.25, 0.3) is 0 Å². The van der Waals surface area contributed by atoms with Crippen molar-refractivity contribution in [1.29, 1.82) is 0 Å². The van der Waals surface area contributed by atoms with E-state index in [1.807, 2.05) is 25.9 Å². The Balaban J connectivity index is 4.36. The molecule has 158 valence electrons. The molecule has 0 aromatic heterocycles. The zero-order valence-electron chi connectivity index (χ0n) is 17.9. The van der Waals surface area contributed by atoms with E-state index in [4.69, 9.17) is 0 Å². The van der Waals surface area contributed by atoms with Crippen molar-refractivity contribution in [2.45, 2.75) is 64.8 Å². The first-order valence-corrected chi connectivity index (χ1v) is 11.2. The highest BCUT2D eigenvalue weighted by atomic mass is 32.2. The summed E-state index contributed by atoms with van der Waals surface area (Å²) in [6, 6.07) is -0.713. The lowest BCUT2D eigenvalue weighted by atomic mass is 10.1. The highest BCUT2D eigenvalue weighted by Crippen LogP contribution is 2.11. The SMILES string of the molecule is CCSCCCCCCC(=O)N(C)[C@H](CC(C)=O)C(=O)NCCCN(C)C. The van der Waals surface area contributed by atoms with Gasteiger partial charge in [-0.25, -0.2) is 0 Å². The monoisotopic (exact) mass is 401 g/mol. The topological polar surface area (TPSA) is 69.7 Å². The first-order valence-electron chi connectivity index (χ1n) is 10.0. The third-order valence-corrected chi connectivity index (χ3v) is 5.34. The summed E-state index contributed by atoms with van der Waals surface area (Å²) < 4.78 is 0. The van der Waals surface area contributed by atoms with Crippen LogP contribution >= 0.6 is 11.8 Å². The summed E-state index contributed by atoms with van der Waals surface area (Å²) in [6.45, 7) is 5.04. The maximum Gasteiger partial charge on any atom is 0.243 e. The molecular weight excluding hydrogens is 362 g/mol. The Morgan fingerprint density at radius 2 is 1.67 bits per heavy atom. The van der Waals surface area contributed by atoms with Crippen LogP contribution in [0.2, 0.25) is 0 Å². The minimum absolute atomic E-state index is 0.0624.